The van der Waals surface area contributed by atoms with Crippen LogP contribution in [0.1, 0.15) is 34.0 Å². The third kappa shape index (κ3) is 3.39. The molecule has 1 aromatic heterocycles. The van der Waals surface area contributed by atoms with E-state index in [4.69, 9.17) is 5.73 Å². The first-order valence-corrected chi connectivity index (χ1v) is 7.51. The van der Waals surface area contributed by atoms with Gasteiger partial charge in [-0.2, -0.15) is 0 Å². The number of benzene rings is 1. The third-order valence-electron chi connectivity index (χ3n) is 3.14. The molecular formula is C16H20N2OS. The maximum atomic E-state index is 12.6. The van der Waals surface area contributed by atoms with Crippen molar-refractivity contribution in [2.24, 2.45) is 0 Å². The zero-order chi connectivity index (χ0) is 14.7. The van der Waals surface area contributed by atoms with Gasteiger partial charge in [0.25, 0.3) is 5.91 Å². The van der Waals surface area contributed by atoms with Crippen molar-refractivity contribution in [1.82, 2.24) is 4.90 Å². The number of nitrogen functional groups attached to an aromatic ring is 1. The fourth-order valence-corrected chi connectivity index (χ4v) is 2.89. The summed E-state index contributed by atoms with van der Waals surface area (Å²) in [5.74, 6) is 0.0838. The molecule has 0 spiro atoms. The number of anilines is 1. The summed E-state index contributed by atoms with van der Waals surface area (Å²) in [7, 11) is 0. The molecule has 0 fully saturated rings. The molecule has 106 valence electrons. The van der Waals surface area contributed by atoms with Gasteiger partial charge in [-0.1, -0.05) is 12.1 Å². The summed E-state index contributed by atoms with van der Waals surface area (Å²) in [6.45, 7) is 6.66. The zero-order valence-corrected chi connectivity index (χ0v) is 12.9. The molecule has 2 aromatic rings. The molecule has 0 aliphatic rings. The number of carbonyl (C=O) groups is 1. The van der Waals surface area contributed by atoms with Crippen LogP contribution in [-0.2, 0) is 6.54 Å². The molecule has 0 unspecified atom stereocenters. The molecule has 2 rings (SSSR count). The van der Waals surface area contributed by atoms with Crippen molar-refractivity contribution in [2.45, 2.75) is 33.4 Å². The maximum Gasteiger partial charge on any atom is 0.264 e. The van der Waals surface area contributed by atoms with Crippen LogP contribution in [0, 0.1) is 6.92 Å². The van der Waals surface area contributed by atoms with Crippen LogP contribution in [-0.4, -0.2) is 16.8 Å². The molecule has 0 saturated heterocycles. The van der Waals surface area contributed by atoms with Crippen LogP contribution in [0.25, 0.3) is 0 Å². The second-order valence-electron chi connectivity index (χ2n) is 5.18. The molecule has 0 saturated carbocycles. The number of hydrogen-bond acceptors (Lipinski definition) is 3. The summed E-state index contributed by atoms with van der Waals surface area (Å²) in [4.78, 5) is 16.4. The monoisotopic (exact) mass is 288 g/mol. The second kappa shape index (κ2) is 6.09. The highest BCUT2D eigenvalue weighted by atomic mass is 32.1. The Bertz CT molecular complexity index is 604. The van der Waals surface area contributed by atoms with E-state index in [0.717, 1.165) is 21.0 Å². The van der Waals surface area contributed by atoms with Gasteiger partial charge in [-0.05, 0) is 50.6 Å². The fourth-order valence-electron chi connectivity index (χ4n) is 2.07. The van der Waals surface area contributed by atoms with E-state index in [9.17, 15) is 4.79 Å². The van der Waals surface area contributed by atoms with Gasteiger partial charge < -0.3 is 10.6 Å². The van der Waals surface area contributed by atoms with Gasteiger partial charge in [0.15, 0.2) is 0 Å². The SMILES string of the molecule is Cc1ccc(C(=O)N(Cc2cccc(N)c2)C(C)C)s1. The normalized spacial score (nSPS) is 10.8. The minimum absolute atomic E-state index is 0.0838. The Kier molecular flexibility index (Phi) is 4.45. The Morgan fingerprint density at radius 2 is 2.05 bits per heavy atom. The molecule has 0 atom stereocenters. The van der Waals surface area contributed by atoms with Crippen LogP contribution in [0.15, 0.2) is 36.4 Å². The van der Waals surface area contributed by atoms with E-state index in [1.165, 1.54) is 11.3 Å². The van der Waals surface area contributed by atoms with E-state index < -0.39 is 0 Å². The number of nitrogens with zero attached hydrogens (tertiary/aromatic N) is 1. The number of aryl methyl sites for hydroxylation is 1. The first-order chi connectivity index (χ1) is 9.47. The number of hydrogen-bond donors (Lipinski definition) is 1. The van der Waals surface area contributed by atoms with Gasteiger partial charge in [-0.25, -0.2) is 0 Å². The summed E-state index contributed by atoms with van der Waals surface area (Å²) in [6.07, 6.45) is 0. The minimum atomic E-state index is 0.0838. The Balaban J connectivity index is 2.21. The van der Waals surface area contributed by atoms with Crippen molar-refractivity contribution in [3.8, 4) is 0 Å². The summed E-state index contributed by atoms with van der Waals surface area (Å²) in [5, 5.41) is 0. The minimum Gasteiger partial charge on any atom is -0.399 e. The van der Waals surface area contributed by atoms with E-state index in [-0.39, 0.29) is 11.9 Å². The van der Waals surface area contributed by atoms with Gasteiger partial charge in [0.1, 0.15) is 0 Å². The summed E-state index contributed by atoms with van der Waals surface area (Å²) >= 11 is 1.54. The highest BCUT2D eigenvalue weighted by Gasteiger charge is 2.20. The summed E-state index contributed by atoms with van der Waals surface area (Å²) < 4.78 is 0. The lowest BCUT2D eigenvalue weighted by Gasteiger charge is -2.26. The van der Waals surface area contributed by atoms with Crippen molar-refractivity contribution < 1.29 is 4.79 Å². The number of amides is 1. The van der Waals surface area contributed by atoms with Gasteiger partial charge in [0.05, 0.1) is 4.88 Å². The standard InChI is InChI=1S/C16H20N2OS/c1-11(2)18(10-13-5-4-6-14(17)9-13)16(19)15-8-7-12(3)20-15/h4-9,11H,10,17H2,1-3H3. The van der Waals surface area contributed by atoms with E-state index in [1.807, 2.05) is 62.1 Å². The molecule has 0 bridgehead atoms. The lowest BCUT2D eigenvalue weighted by atomic mass is 10.1. The number of nitrogens with two attached hydrogens (primary N) is 1. The Labute approximate surface area is 124 Å². The van der Waals surface area contributed by atoms with Gasteiger partial charge >= 0.3 is 0 Å². The van der Waals surface area contributed by atoms with Crippen LogP contribution < -0.4 is 5.73 Å². The summed E-state index contributed by atoms with van der Waals surface area (Å²) in [6, 6.07) is 11.7. The maximum absolute atomic E-state index is 12.6. The zero-order valence-electron chi connectivity index (χ0n) is 12.1. The average molecular weight is 288 g/mol. The smallest absolute Gasteiger partial charge is 0.264 e. The molecule has 1 amide bonds. The first-order valence-electron chi connectivity index (χ1n) is 6.69. The third-order valence-corrected chi connectivity index (χ3v) is 4.13. The molecule has 3 nitrogen and oxygen atoms in total. The van der Waals surface area contributed by atoms with E-state index >= 15 is 0 Å². The van der Waals surface area contributed by atoms with Crippen molar-refractivity contribution in [2.75, 3.05) is 5.73 Å². The molecular weight excluding hydrogens is 268 g/mol. The molecule has 0 aliphatic heterocycles. The topological polar surface area (TPSA) is 46.3 Å². The van der Waals surface area contributed by atoms with Crippen molar-refractivity contribution >= 4 is 22.9 Å². The van der Waals surface area contributed by atoms with E-state index in [2.05, 4.69) is 0 Å². The van der Waals surface area contributed by atoms with Crippen LogP contribution in [0.5, 0.6) is 0 Å². The molecule has 0 aliphatic carbocycles. The number of rotatable bonds is 4. The van der Waals surface area contributed by atoms with Gasteiger partial charge in [-0.3, -0.25) is 4.79 Å². The predicted octanol–water partition coefficient (Wildman–Crippen LogP) is 3.69. The predicted molar refractivity (Wildman–Crippen MR) is 84.9 cm³/mol. The average Bonchev–Trinajstić information content (AvgIpc) is 2.82. The lowest BCUT2D eigenvalue weighted by molar-refractivity contribution is 0.0695. The largest absolute Gasteiger partial charge is 0.399 e. The second-order valence-corrected chi connectivity index (χ2v) is 6.47. The number of thiophene rings is 1. The van der Waals surface area contributed by atoms with Crippen LogP contribution in [0.2, 0.25) is 0 Å². The van der Waals surface area contributed by atoms with Crippen LogP contribution in [0.3, 0.4) is 0 Å². The highest BCUT2D eigenvalue weighted by Crippen LogP contribution is 2.20. The molecule has 2 N–H and O–H groups in total. The molecule has 4 heteroatoms. The molecule has 1 aromatic carbocycles. The van der Waals surface area contributed by atoms with E-state index in [0.29, 0.717) is 6.54 Å². The Morgan fingerprint density at radius 1 is 1.30 bits per heavy atom. The molecule has 1 heterocycles. The Morgan fingerprint density at radius 3 is 2.60 bits per heavy atom. The van der Waals surface area contributed by atoms with Crippen molar-refractivity contribution in [3.05, 3.63) is 51.7 Å². The van der Waals surface area contributed by atoms with Gasteiger partial charge in [0.2, 0.25) is 0 Å². The van der Waals surface area contributed by atoms with Crippen LogP contribution in [0.4, 0.5) is 5.69 Å². The van der Waals surface area contributed by atoms with Crippen molar-refractivity contribution in [1.29, 1.82) is 0 Å². The van der Waals surface area contributed by atoms with Crippen LogP contribution >= 0.6 is 11.3 Å². The van der Waals surface area contributed by atoms with Crippen molar-refractivity contribution in [3.63, 3.8) is 0 Å². The molecule has 0 radical (unpaired) electrons. The first kappa shape index (κ1) is 14.6. The van der Waals surface area contributed by atoms with E-state index in [1.54, 1.807) is 0 Å². The Hall–Kier alpha value is -1.81. The molecule has 20 heavy (non-hydrogen) atoms. The van der Waals surface area contributed by atoms with Gasteiger partial charge in [-0.15, -0.1) is 11.3 Å². The highest BCUT2D eigenvalue weighted by molar-refractivity contribution is 7.13. The fraction of sp³-hybridized carbons (Fsp3) is 0.312. The lowest BCUT2D eigenvalue weighted by Crippen LogP contribution is -2.36. The summed E-state index contributed by atoms with van der Waals surface area (Å²) in [5.41, 5.74) is 7.58. The number of carbonyl (C=O) groups excluding carboxylic acids is 1. The van der Waals surface area contributed by atoms with Gasteiger partial charge in [0, 0.05) is 23.2 Å². The quantitative estimate of drug-likeness (QED) is 0.872.